The van der Waals surface area contributed by atoms with Crippen molar-refractivity contribution in [2.75, 3.05) is 5.32 Å². The Morgan fingerprint density at radius 3 is 2.48 bits per heavy atom. The summed E-state index contributed by atoms with van der Waals surface area (Å²) in [5.41, 5.74) is 0.166. The second kappa shape index (κ2) is 6.10. The van der Waals surface area contributed by atoms with Gasteiger partial charge in [-0.2, -0.15) is 13.2 Å². The Labute approximate surface area is 130 Å². The number of rotatable bonds is 3. The Morgan fingerprint density at radius 1 is 1.30 bits per heavy atom. The van der Waals surface area contributed by atoms with Crippen molar-refractivity contribution in [1.82, 2.24) is 0 Å². The van der Waals surface area contributed by atoms with E-state index < -0.39 is 44.2 Å². The molecule has 1 aliphatic carbocycles. The molecule has 2 rings (SSSR count). The van der Waals surface area contributed by atoms with Crippen LogP contribution in [0.25, 0.3) is 0 Å². The van der Waals surface area contributed by atoms with Crippen molar-refractivity contribution in [2.45, 2.75) is 35.4 Å². The maximum atomic E-state index is 12.5. The van der Waals surface area contributed by atoms with Gasteiger partial charge in [-0.05, 0) is 31.0 Å². The van der Waals surface area contributed by atoms with Crippen LogP contribution in [0.2, 0.25) is 0 Å². The lowest BCUT2D eigenvalue weighted by molar-refractivity contribution is -0.120. The van der Waals surface area contributed by atoms with Crippen molar-refractivity contribution in [1.29, 1.82) is 0 Å². The summed E-state index contributed by atoms with van der Waals surface area (Å²) in [5.74, 6) is -1.26. The minimum atomic E-state index is -5.49. The van der Waals surface area contributed by atoms with E-state index in [1.54, 1.807) is 0 Å². The SMILES string of the molecule is NC1C(O)CC[C@@H]1C(=O)Nc1cccc(S(=O)(=O)C(F)(F)F)c1. The number of nitrogens with one attached hydrogen (secondary N) is 1. The van der Waals surface area contributed by atoms with E-state index in [4.69, 9.17) is 5.73 Å². The summed E-state index contributed by atoms with van der Waals surface area (Å²) < 4.78 is 60.3. The molecule has 0 bridgehead atoms. The summed E-state index contributed by atoms with van der Waals surface area (Å²) in [4.78, 5) is 11.1. The zero-order valence-electron chi connectivity index (χ0n) is 11.7. The van der Waals surface area contributed by atoms with Crippen molar-refractivity contribution in [3.8, 4) is 0 Å². The van der Waals surface area contributed by atoms with E-state index in [1.807, 2.05) is 0 Å². The minimum absolute atomic E-state index is 0.0890. The first-order valence-corrected chi connectivity index (χ1v) is 8.18. The molecule has 3 atom stereocenters. The second-order valence-electron chi connectivity index (χ2n) is 5.29. The number of hydrogen-bond donors (Lipinski definition) is 3. The molecule has 0 radical (unpaired) electrons. The molecule has 4 N–H and O–H groups in total. The van der Waals surface area contributed by atoms with E-state index in [-0.39, 0.29) is 5.69 Å². The third-order valence-electron chi connectivity index (χ3n) is 3.74. The summed E-state index contributed by atoms with van der Waals surface area (Å²) in [6.45, 7) is 0. The van der Waals surface area contributed by atoms with Crippen LogP contribution in [-0.2, 0) is 14.6 Å². The molecular weight excluding hydrogens is 337 g/mol. The van der Waals surface area contributed by atoms with E-state index >= 15 is 0 Å². The van der Waals surface area contributed by atoms with Crippen LogP contribution in [0.15, 0.2) is 29.2 Å². The number of anilines is 1. The number of amides is 1. The van der Waals surface area contributed by atoms with Gasteiger partial charge in [0.05, 0.1) is 16.9 Å². The fourth-order valence-corrected chi connectivity index (χ4v) is 3.23. The van der Waals surface area contributed by atoms with Gasteiger partial charge in [0, 0.05) is 11.7 Å². The fraction of sp³-hybridized carbons (Fsp3) is 0.462. The van der Waals surface area contributed by atoms with Crippen molar-refractivity contribution in [2.24, 2.45) is 11.7 Å². The summed E-state index contributed by atoms with van der Waals surface area (Å²) in [6.07, 6.45) is -0.126. The zero-order valence-corrected chi connectivity index (χ0v) is 12.6. The molecule has 1 aromatic carbocycles. The topological polar surface area (TPSA) is 109 Å². The van der Waals surface area contributed by atoms with E-state index in [0.717, 1.165) is 18.2 Å². The van der Waals surface area contributed by atoms with Crippen molar-refractivity contribution in [3.05, 3.63) is 24.3 Å². The number of halogens is 3. The van der Waals surface area contributed by atoms with Gasteiger partial charge in [-0.25, -0.2) is 8.42 Å². The predicted octanol–water partition coefficient (Wildman–Crippen LogP) is 1.02. The first-order valence-electron chi connectivity index (χ1n) is 6.70. The number of sulfone groups is 1. The fourth-order valence-electron chi connectivity index (χ4n) is 2.42. The van der Waals surface area contributed by atoms with Gasteiger partial charge in [0.25, 0.3) is 9.84 Å². The number of aliphatic hydroxyl groups is 1. The van der Waals surface area contributed by atoms with Gasteiger partial charge in [-0.3, -0.25) is 4.79 Å². The predicted molar refractivity (Wildman–Crippen MR) is 75.0 cm³/mol. The number of aliphatic hydroxyl groups excluding tert-OH is 1. The molecule has 0 heterocycles. The Morgan fingerprint density at radius 2 is 1.96 bits per heavy atom. The van der Waals surface area contributed by atoms with Crippen LogP contribution in [0.5, 0.6) is 0 Å². The van der Waals surface area contributed by atoms with Crippen LogP contribution in [0.4, 0.5) is 18.9 Å². The van der Waals surface area contributed by atoms with E-state index in [9.17, 15) is 31.5 Å². The quantitative estimate of drug-likeness (QED) is 0.752. The average molecular weight is 352 g/mol. The van der Waals surface area contributed by atoms with E-state index in [0.29, 0.717) is 12.8 Å². The molecular formula is C13H15F3N2O4S. The molecule has 1 amide bonds. The smallest absolute Gasteiger partial charge is 0.391 e. The summed E-state index contributed by atoms with van der Waals surface area (Å²) in [7, 11) is -5.49. The maximum absolute atomic E-state index is 12.5. The Balaban J connectivity index is 2.20. The molecule has 6 nitrogen and oxygen atoms in total. The second-order valence-corrected chi connectivity index (χ2v) is 7.24. The standard InChI is InChI=1S/C13H15F3N2O4S/c14-13(15,16)23(21,22)8-3-1-2-7(6-8)18-12(20)9-4-5-10(19)11(9)17/h1-3,6,9-11,19H,4-5,17H2,(H,18,20)/t9-,10?,11?/m0/s1. The largest absolute Gasteiger partial charge is 0.501 e. The molecule has 0 spiro atoms. The molecule has 2 unspecified atom stereocenters. The van der Waals surface area contributed by atoms with Crippen molar-refractivity contribution in [3.63, 3.8) is 0 Å². The number of carbonyl (C=O) groups is 1. The highest BCUT2D eigenvalue weighted by atomic mass is 32.2. The van der Waals surface area contributed by atoms with Crippen LogP contribution < -0.4 is 11.1 Å². The van der Waals surface area contributed by atoms with Gasteiger partial charge in [-0.15, -0.1) is 0 Å². The lowest BCUT2D eigenvalue weighted by Gasteiger charge is -2.17. The molecule has 10 heteroatoms. The van der Waals surface area contributed by atoms with Gasteiger partial charge in [0.2, 0.25) is 5.91 Å². The molecule has 1 aromatic rings. The van der Waals surface area contributed by atoms with Crippen LogP contribution in [0.3, 0.4) is 0 Å². The van der Waals surface area contributed by atoms with Crippen LogP contribution in [0, 0.1) is 5.92 Å². The highest BCUT2D eigenvalue weighted by Gasteiger charge is 2.47. The highest BCUT2D eigenvalue weighted by Crippen LogP contribution is 2.32. The van der Waals surface area contributed by atoms with E-state index in [1.165, 1.54) is 6.07 Å². The molecule has 0 aromatic heterocycles. The molecule has 1 fully saturated rings. The number of nitrogens with two attached hydrogens (primary N) is 1. The van der Waals surface area contributed by atoms with Gasteiger partial charge in [0.15, 0.2) is 0 Å². The van der Waals surface area contributed by atoms with Crippen LogP contribution in [0.1, 0.15) is 12.8 Å². The molecule has 0 aliphatic heterocycles. The highest BCUT2D eigenvalue weighted by molar-refractivity contribution is 7.92. The number of alkyl halides is 3. The molecule has 1 aliphatic rings. The number of benzene rings is 1. The first kappa shape index (κ1) is 17.7. The van der Waals surface area contributed by atoms with Gasteiger partial charge in [-0.1, -0.05) is 6.07 Å². The Kier molecular flexibility index (Phi) is 4.69. The van der Waals surface area contributed by atoms with Gasteiger partial charge >= 0.3 is 5.51 Å². The molecule has 23 heavy (non-hydrogen) atoms. The normalized spacial score (nSPS) is 25.3. The first-order chi connectivity index (χ1) is 10.5. The van der Waals surface area contributed by atoms with E-state index in [2.05, 4.69) is 5.32 Å². The number of carbonyl (C=O) groups excluding carboxylic acids is 1. The minimum Gasteiger partial charge on any atom is -0.391 e. The summed E-state index contributed by atoms with van der Waals surface area (Å²) >= 11 is 0. The third-order valence-corrected chi connectivity index (χ3v) is 5.22. The Hall–Kier alpha value is -1.65. The van der Waals surface area contributed by atoms with Crippen LogP contribution >= 0.6 is 0 Å². The van der Waals surface area contributed by atoms with Crippen molar-refractivity contribution < 1.29 is 31.5 Å². The summed E-state index contributed by atoms with van der Waals surface area (Å²) in [6, 6.07) is 3.13. The molecule has 1 saturated carbocycles. The third kappa shape index (κ3) is 3.48. The zero-order chi connectivity index (χ0) is 17.4. The monoisotopic (exact) mass is 352 g/mol. The lowest BCUT2D eigenvalue weighted by atomic mass is 10.0. The van der Waals surface area contributed by atoms with Crippen molar-refractivity contribution >= 4 is 21.4 Å². The lowest BCUT2D eigenvalue weighted by Crippen LogP contribution is -2.40. The molecule has 0 saturated heterocycles. The van der Waals surface area contributed by atoms with Gasteiger partial charge < -0.3 is 16.2 Å². The van der Waals surface area contributed by atoms with Gasteiger partial charge in [0.1, 0.15) is 0 Å². The maximum Gasteiger partial charge on any atom is 0.501 e. The average Bonchev–Trinajstić information content (AvgIpc) is 2.78. The van der Waals surface area contributed by atoms with Crippen LogP contribution in [-0.4, -0.2) is 37.1 Å². The Bertz CT molecular complexity index is 705. The molecule has 128 valence electrons. The number of hydrogen-bond acceptors (Lipinski definition) is 5. The summed E-state index contributed by atoms with van der Waals surface area (Å²) in [5, 5.41) is 11.9.